The largest absolute Gasteiger partial charge is 0.444 e. The van der Waals surface area contributed by atoms with E-state index in [2.05, 4.69) is 15.3 Å². The van der Waals surface area contributed by atoms with Crippen LogP contribution in [-0.4, -0.2) is 80.1 Å². The van der Waals surface area contributed by atoms with Crippen LogP contribution in [-0.2, 0) is 20.7 Å². The molecule has 2 aliphatic heterocycles. The molecule has 2 saturated heterocycles. The molecule has 0 radical (unpaired) electrons. The maximum Gasteiger partial charge on any atom is 0.410 e. The minimum atomic E-state index is -0.743. The number of imidazole rings is 1. The van der Waals surface area contributed by atoms with Crippen LogP contribution in [0.15, 0.2) is 59.5 Å². The number of hydrogen-bond acceptors (Lipinski definition) is 5. The summed E-state index contributed by atoms with van der Waals surface area (Å²) in [5, 5.41) is 4.12. The van der Waals surface area contributed by atoms with Gasteiger partial charge in [-0.15, -0.1) is 0 Å². The maximum absolute atomic E-state index is 14.1. The third-order valence-electron chi connectivity index (χ3n) is 9.00. The molecule has 45 heavy (non-hydrogen) atoms. The molecular weight excluding hydrogens is 572 g/mol. The van der Waals surface area contributed by atoms with Crippen molar-refractivity contribution < 1.29 is 19.1 Å². The lowest BCUT2D eigenvalue weighted by Crippen LogP contribution is -2.54. The quantitative estimate of drug-likeness (QED) is 0.297. The van der Waals surface area contributed by atoms with Crippen LogP contribution in [0.25, 0.3) is 21.9 Å². The molecule has 0 saturated carbocycles. The number of H-pyrrole nitrogens is 2. The molecule has 3 amide bonds. The summed E-state index contributed by atoms with van der Waals surface area (Å²) in [6.07, 6.45) is 4.19. The van der Waals surface area contributed by atoms with Gasteiger partial charge in [0.1, 0.15) is 11.6 Å². The molecule has 0 spiro atoms. The van der Waals surface area contributed by atoms with Crippen LogP contribution in [0.5, 0.6) is 0 Å². The molecule has 4 aromatic rings. The first-order valence-electron chi connectivity index (χ1n) is 15.9. The van der Waals surface area contributed by atoms with Crippen molar-refractivity contribution in [3.05, 3.63) is 70.8 Å². The molecule has 11 nitrogen and oxygen atoms in total. The number of carbonyl (C=O) groups excluding carboxylic acids is 3. The number of benzene rings is 2. The molecule has 11 heteroatoms. The van der Waals surface area contributed by atoms with Gasteiger partial charge in [-0.1, -0.05) is 30.3 Å². The van der Waals surface area contributed by atoms with Crippen LogP contribution in [0, 0.1) is 5.92 Å². The van der Waals surface area contributed by atoms with Crippen molar-refractivity contribution in [3.63, 3.8) is 0 Å². The second-order valence-corrected chi connectivity index (χ2v) is 13.2. The van der Waals surface area contributed by atoms with Gasteiger partial charge in [0.15, 0.2) is 0 Å². The van der Waals surface area contributed by atoms with Gasteiger partial charge in [0.05, 0.1) is 11.0 Å². The maximum atomic E-state index is 14.1. The van der Waals surface area contributed by atoms with Crippen LogP contribution in [0.2, 0.25) is 0 Å². The predicted octanol–water partition coefficient (Wildman–Crippen LogP) is 4.35. The van der Waals surface area contributed by atoms with E-state index in [1.165, 1.54) is 0 Å². The lowest BCUT2D eigenvalue weighted by Gasteiger charge is -2.36. The number of fused-ring (bicyclic) bond motifs is 2. The highest BCUT2D eigenvalue weighted by molar-refractivity contribution is 5.90. The van der Waals surface area contributed by atoms with Crippen LogP contribution in [0.4, 0.5) is 4.79 Å². The van der Waals surface area contributed by atoms with Gasteiger partial charge in [-0.3, -0.25) is 14.2 Å². The number of amides is 3. The van der Waals surface area contributed by atoms with Crippen molar-refractivity contribution >= 4 is 39.8 Å². The van der Waals surface area contributed by atoms with Crippen molar-refractivity contribution in [3.8, 4) is 0 Å². The fourth-order valence-electron chi connectivity index (χ4n) is 6.66. The van der Waals surface area contributed by atoms with Gasteiger partial charge in [-0.05, 0) is 70.2 Å². The minimum absolute atomic E-state index is 0.0190. The number of nitrogens with one attached hydrogen (secondary N) is 3. The summed E-state index contributed by atoms with van der Waals surface area (Å²) in [5.41, 5.74) is 2.90. The molecule has 1 atom stereocenters. The van der Waals surface area contributed by atoms with Crippen LogP contribution < -0.4 is 11.0 Å². The third kappa shape index (κ3) is 6.62. The molecule has 0 unspecified atom stereocenters. The molecule has 0 aliphatic carbocycles. The first-order chi connectivity index (χ1) is 21.6. The Morgan fingerprint density at radius 2 is 1.56 bits per heavy atom. The number of carbonyl (C=O) groups is 3. The number of aromatic nitrogens is 3. The SMILES string of the molecule is CC(C)(C)OC(=O)N1CCC(C(=O)N[C@H](Cc2c[nH]c3ccccc23)C(=O)N2CCC(n3c(=O)[nH]c4ccccc43)CC2)CC1. The van der Waals surface area contributed by atoms with Gasteiger partial charge in [-0.2, -0.15) is 0 Å². The fourth-order valence-corrected chi connectivity index (χ4v) is 6.66. The van der Waals surface area contributed by atoms with E-state index >= 15 is 0 Å². The molecule has 2 aliphatic rings. The molecule has 3 N–H and O–H groups in total. The number of piperidine rings is 2. The predicted molar refractivity (Wildman–Crippen MR) is 172 cm³/mol. The van der Waals surface area contributed by atoms with Crippen LogP contribution in [0.3, 0.4) is 0 Å². The van der Waals surface area contributed by atoms with Gasteiger partial charge in [-0.25, -0.2) is 9.59 Å². The zero-order valence-corrected chi connectivity index (χ0v) is 26.2. The summed E-state index contributed by atoms with van der Waals surface area (Å²) >= 11 is 0. The minimum Gasteiger partial charge on any atom is -0.444 e. The summed E-state index contributed by atoms with van der Waals surface area (Å²) in [6, 6.07) is 14.8. The van der Waals surface area contributed by atoms with Crippen molar-refractivity contribution in [1.29, 1.82) is 0 Å². The van der Waals surface area contributed by atoms with Gasteiger partial charge < -0.3 is 29.8 Å². The average Bonchev–Trinajstić information content (AvgIpc) is 3.59. The smallest absolute Gasteiger partial charge is 0.410 e. The summed E-state index contributed by atoms with van der Waals surface area (Å²) < 4.78 is 7.31. The summed E-state index contributed by atoms with van der Waals surface area (Å²) in [7, 11) is 0. The van der Waals surface area contributed by atoms with E-state index in [0.717, 1.165) is 27.5 Å². The summed E-state index contributed by atoms with van der Waals surface area (Å²) in [5.74, 6) is -0.594. The first-order valence-corrected chi connectivity index (χ1v) is 15.9. The Morgan fingerprint density at radius 1 is 0.911 bits per heavy atom. The second kappa shape index (κ2) is 12.5. The van der Waals surface area contributed by atoms with Crippen molar-refractivity contribution in [2.75, 3.05) is 26.2 Å². The Kier molecular flexibility index (Phi) is 8.44. The number of hydrogen-bond donors (Lipinski definition) is 3. The highest BCUT2D eigenvalue weighted by atomic mass is 16.6. The topological polar surface area (TPSA) is 133 Å². The molecule has 2 aromatic heterocycles. The van der Waals surface area contributed by atoms with E-state index in [0.29, 0.717) is 58.3 Å². The van der Waals surface area contributed by atoms with Crippen LogP contribution >= 0.6 is 0 Å². The lowest BCUT2D eigenvalue weighted by molar-refractivity contribution is -0.138. The summed E-state index contributed by atoms with van der Waals surface area (Å²) in [6.45, 7) is 7.33. The Labute approximate surface area is 261 Å². The zero-order chi connectivity index (χ0) is 31.7. The number of ether oxygens (including phenoxy) is 1. The van der Waals surface area contributed by atoms with E-state index in [-0.39, 0.29) is 35.6 Å². The van der Waals surface area contributed by atoms with Crippen molar-refractivity contribution in [2.45, 2.75) is 70.6 Å². The van der Waals surface area contributed by atoms with E-state index in [1.807, 2.05) is 85.0 Å². The van der Waals surface area contributed by atoms with Gasteiger partial charge in [0, 0.05) is 61.7 Å². The Balaban J connectivity index is 1.14. The van der Waals surface area contributed by atoms with E-state index in [9.17, 15) is 19.2 Å². The monoisotopic (exact) mass is 614 g/mol. The first kappa shape index (κ1) is 30.5. The van der Waals surface area contributed by atoms with Gasteiger partial charge in [0.25, 0.3) is 0 Å². The second-order valence-electron chi connectivity index (χ2n) is 13.2. The molecule has 4 heterocycles. The zero-order valence-electron chi connectivity index (χ0n) is 26.2. The molecular formula is C34H42N6O5. The number of para-hydroxylation sites is 3. The normalized spacial score (nSPS) is 17.5. The highest BCUT2D eigenvalue weighted by Gasteiger charge is 2.35. The summed E-state index contributed by atoms with van der Waals surface area (Å²) in [4.78, 5) is 62.7. The van der Waals surface area contributed by atoms with Gasteiger partial charge >= 0.3 is 11.8 Å². The molecule has 2 fully saturated rings. The molecule has 6 rings (SSSR count). The fraction of sp³-hybridized carbons (Fsp3) is 0.471. The third-order valence-corrected chi connectivity index (χ3v) is 9.00. The van der Waals surface area contributed by atoms with E-state index < -0.39 is 11.6 Å². The van der Waals surface area contributed by atoms with Crippen LogP contribution in [0.1, 0.15) is 58.1 Å². The standard InChI is InChI=1S/C34H42N6O5/c1-34(2,3)45-33(44)39-16-12-22(13-17-39)30(41)36-28(20-23-21-35-26-9-5-4-8-25(23)26)31(42)38-18-14-24(15-19-38)40-29-11-7-6-10-27(29)37-32(40)43/h4-11,21-22,24,28,35H,12-20H2,1-3H3,(H,36,41)(H,37,43)/t28-/m1/s1. The number of rotatable bonds is 6. The lowest BCUT2D eigenvalue weighted by atomic mass is 9.94. The molecule has 0 bridgehead atoms. The Bertz CT molecular complexity index is 1750. The van der Waals surface area contributed by atoms with Gasteiger partial charge in [0.2, 0.25) is 11.8 Å². The number of nitrogens with zero attached hydrogens (tertiary/aromatic N) is 3. The van der Waals surface area contributed by atoms with Crippen molar-refractivity contribution in [2.24, 2.45) is 5.92 Å². The average molecular weight is 615 g/mol. The Hall–Kier alpha value is -4.54. The number of likely N-dealkylation sites (tertiary alicyclic amines) is 2. The van der Waals surface area contributed by atoms with Crippen molar-refractivity contribution in [1.82, 2.24) is 29.7 Å². The molecule has 238 valence electrons. The molecule has 2 aromatic carbocycles. The Morgan fingerprint density at radius 3 is 2.27 bits per heavy atom. The van der Waals surface area contributed by atoms with E-state index in [4.69, 9.17) is 4.74 Å². The highest BCUT2D eigenvalue weighted by Crippen LogP contribution is 2.27. The number of aromatic amines is 2. The van der Waals surface area contributed by atoms with E-state index in [1.54, 1.807) is 4.90 Å².